The summed E-state index contributed by atoms with van der Waals surface area (Å²) < 4.78 is 0. The van der Waals surface area contributed by atoms with Gasteiger partial charge in [0.1, 0.15) is 5.54 Å². The maximum Gasteiger partial charge on any atom is 0.132 e. The number of hydrogen-bond donors (Lipinski definition) is 1. The lowest BCUT2D eigenvalue weighted by atomic mass is 9.77. The van der Waals surface area contributed by atoms with E-state index in [1.54, 1.807) is 0 Å². The number of nitrogens with one attached hydrogen (secondary N) is 1. The standard InChI is InChI=1S/C17H25N3/c1-3-20(4-2)13-12-19-17(14-18)11-7-9-15-8-5-6-10-16(15)17/h5-6,8,10,19H,3-4,7,9,11-13H2,1-2H3. The number of likely N-dealkylation sites (N-methyl/N-ethyl adjacent to an activating group) is 1. The highest BCUT2D eigenvalue weighted by Crippen LogP contribution is 2.34. The molecule has 0 amide bonds. The minimum absolute atomic E-state index is 0.484. The van der Waals surface area contributed by atoms with Gasteiger partial charge in [-0.1, -0.05) is 38.1 Å². The summed E-state index contributed by atoms with van der Waals surface area (Å²) in [5.74, 6) is 0. The van der Waals surface area contributed by atoms with Crippen LogP contribution in [0.4, 0.5) is 0 Å². The normalized spacial score (nSPS) is 21.5. The number of nitriles is 1. The number of aryl methyl sites for hydroxylation is 1. The van der Waals surface area contributed by atoms with Gasteiger partial charge in [-0.3, -0.25) is 5.32 Å². The van der Waals surface area contributed by atoms with E-state index in [0.717, 1.165) is 45.4 Å². The van der Waals surface area contributed by atoms with Gasteiger partial charge in [0.25, 0.3) is 0 Å². The van der Waals surface area contributed by atoms with Crippen LogP contribution < -0.4 is 5.32 Å². The Bertz CT molecular complexity index is 473. The second-order valence-corrected chi connectivity index (χ2v) is 5.48. The Hall–Kier alpha value is -1.37. The molecule has 2 rings (SSSR count). The Balaban J connectivity index is 2.10. The topological polar surface area (TPSA) is 39.1 Å². The van der Waals surface area contributed by atoms with Gasteiger partial charge in [-0.25, -0.2) is 0 Å². The third kappa shape index (κ3) is 3.03. The van der Waals surface area contributed by atoms with Crippen molar-refractivity contribution < 1.29 is 0 Å². The Morgan fingerprint density at radius 3 is 2.75 bits per heavy atom. The van der Waals surface area contributed by atoms with Crippen molar-refractivity contribution in [1.82, 2.24) is 10.2 Å². The molecule has 0 heterocycles. The van der Waals surface area contributed by atoms with Crippen LogP contribution in [0.5, 0.6) is 0 Å². The second-order valence-electron chi connectivity index (χ2n) is 5.48. The quantitative estimate of drug-likeness (QED) is 0.864. The average molecular weight is 271 g/mol. The molecule has 20 heavy (non-hydrogen) atoms. The molecule has 1 N–H and O–H groups in total. The van der Waals surface area contributed by atoms with E-state index < -0.39 is 5.54 Å². The summed E-state index contributed by atoms with van der Waals surface area (Å²) in [5, 5.41) is 13.3. The highest BCUT2D eigenvalue weighted by Gasteiger charge is 2.35. The van der Waals surface area contributed by atoms with Gasteiger partial charge < -0.3 is 4.90 Å². The summed E-state index contributed by atoms with van der Waals surface area (Å²) in [6.45, 7) is 8.35. The molecule has 1 aliphatic rings. The molecule has 0 saturated heterocycles. The van der Waals surface area contributed by atoms with Gasteiger partial charge in [0.15, 0.2) is 0 Å². The molecule has 1 unspecified atom stereocenters. The number of nitrogens with zero attached hydrogens (tertiary/aromatic N) is 2. The Kier molecular flexibility index (Phi) is 5.17. The zero-order valence-corrected chi connectivity index (χ0v) is 12.7. The summed E-state index contributed by atoms with van der Waals surface area (Å²) >= 11 is 0. The highest BCUT2D eigenvalue weighted by molar-refractivity contribution is 5.40. The van der Waals surface area contributed by atoms with Crippen LogP contribution in [0, 0.1) is 11.3 Å². The van der Waals surface area contributed by atoms with Crippen molar-refractivity contribution in [2.24, 2.45) is 0 Å². The van der Waals surface area contributed by atoms with Crippen molar-refractivity contribution in [3.8, 4) is 6.07 Å². The molecule has 1 aromatic carbocycles. The van der Waals surface area contributed by atoms with Crippen LogP contribution in [0.3, 0.4) is 0 Å². The van der Waals surface area contributed by atoms with E-state index >= 15 is 0 Å². The third-order valence-electron chi connectivity index (χ3n) is 4.42. The monoisotopic (exact) mass is 271 g/mol. The van der Waals surface area contributed by atoms with Crippen molar-refractivity contribution >= 4 is 0 Å². The molecule has 0 bridgehead atoms. The van der Waals surface area contributed by atoms with Crippen LogP contribution in [-0.4, -0.2) is 31.1 Å². The van der Waals surface area contributed by atoms with Crippen LogP contribution >= 0.6 is 0 Å². The lowest BCUT2D eigenvalue weighted by Crippen LogP contribution is -2.46. The first-order valence-corrected chi connectivity index (χ1v) is 7.72. The largest absolute Gasteiger partial charge is 0.303 e. The molecule has 3 nitrogen and oxygen atoms in total. The van der Waals surface area contributed by atoms with E-state index in [9.17, 15) is 5.26 Å². The van der Waals surface area contributed by atoms with Crippen molar-refractivity contribution in [2.75, 3.05) is 26.2 Å². The predicted octanol–water partition coefficient (Wildman–Crippen LogP) is 2.67. The third-order valence-corrected chi connectivity index (χ3v) is 4.42. The van der Waals surface area contributed by atoms with Gasteiger partial charge in [-0.2, -0.15) is 5.26 Å². The molecule has 0 fully saturated rings. The van der Waals surface area contributed by atoms with Gasteiger partial charge >= 0.3 is 0 Å². The van der Waals surface area contributed by atoms with Crippen molar-refractivity contribution in [3.63, 3.8) is 0 Å². The van der Waals surface area contributed by atoms with Crippen LogP contribution in [0.15, 0.2) is 24.3 Å². The van der Waals surface area contributed by atoms with Crippen LogP contribution in [0.2, 0.25) is 0 Å². The average Bonchev–Trinajstić information content (AvgIpc) is 2.51. The molecule has 0 saturated carbocycles. The smallest absolute Gasteiger partial charge is 0.132 e. The first kappa shape index (κ1) is 15.0. The molecule has 3 heteroatoms. The van der Waals surface area contributed by atoms with Crippen LogP contribution in [-0.2, 0) is 12.0 Å². The van der Waals surface area contributed by atoms with Crippen molar-refractivity contribution in [3.05, 3.63) is 35.4 Å². The molecule has 0 aromatic heterocycles. The Morgan fingerprint density at radius 1 is 1.30 bits per heavy atom. The lowest BCUT2D eigenvalue weighted by molar-refractivity contribution is 0.277. The SMILES string of the molecule is CCN(CC)CCNC1(C#N)CCCc2ccccc21. The number of hydrogen-bond acceptors (Lipinski definition) is 3. The Morgan fingerprint density at radius 2 is 2.05 bits per heavy atom. The van der Waals surface area contributed by atoms with E-state index in [4.69, 9.17) is 0 Å². The number of fused-ring (bicyclic) bond motifs is 1. The summed E-state index contributed by atoms with van der Waals surface area (Å²) in [6.07, 6.45) is 3.10. The van der Waals surface area contributed by atoms with Crippen LogP contribution in [0.25, 0.3) is 0 Å². The molecule has 0 radical (unpaired) electrons. The van der Waals surface area contributed by atoms with Gasteiger partial charge in [0, 0.05) is 13.1 Å². The fourth-order valence-corrected chi connectivity index (χ4v) is 3.14. The van der Waals surface area contributed by atoms with E-state index in [0.29, 0.717) is 0 Å². The number of benzene rings is 1. The van der Waals surface area contributed by atoms with Gasteiger partial charge in [0.05, 0.1) is 6.07 Å². The summed E-state index contributed by atoms with van der Waals surface area (Å²) in [4.78, 5) is 2.38. The van der Waals surface area contributed by atoms with Gasteiger partial charge in [-0.05, 0) is 43.5 Å². The maximum atomic E-state index is 9.74. The highest BCUT2D eigenvalue weighted by atomic mass is 15.1. The zero-order valence-electron chi connectivity index (χ0n) is 12.7. The van der Waals surface area contributed by atoms with Crippen LogP contribution in [0.1, 0.15) is 37.8 Å². The lowest BCUT2D eigenvalue weighted by Gasteiger charge is -2.35. The molecular formula is C17H25N3. The maximum absolute atomic E-state index is 9.74. The molecule has 1 atom stereocenters. The minimum atomic E-state index is -0.484. The molecule has 1 aliphatic carbocycles. The Labute approximate surface area is 122 Å². The molecular weight excluding hydrogens is 246 g/mol. The van der Waals surface area contributed by atoms with E-state index in [2.05, 4.69) is 48.3 Å². The van der Waals surface area contributed by atoms with E-state index in [-0.39, 0.29) is 0 Å². The molecule has 1 aromatic rings. The fraction of sp³-hybridized carbons (Fsp3) is 0.588. The van der Waals surface area contributed by atoms with Gasteiger partial charge in [0.2, 0.25) is 0 Å². The first-order valence-electron chi connectivity index (χ1n) is 7.72. The molecule has 0 aliphatic heterocycles. The molecule has 108 valence electrons. The minimum Gasteiger partial charge on any atom is -0.303 e. The summed E-state index contributed by atoms with van der Waals surface area (Å²) in [7, 11) is 0. The van der Waals surface area contributed by atoms with Gasteiger partial charge in [-0.15, -0.1) is 0 Å². The fourth-order valence-electron chi connectivity index (χ4n) is 3.14. The first-order chi connectivity index (χ1) is 9.75. The predicted molar refractivity (Wildman–Crippen MR) is 82.5 cm³/mol. The summed E-state index contributed by atoms with van der Waals surface area (Å²) in [6, 6.07) is 10.9. The number of rotatable bonds is 6. The second kappa shape index (κ2) is 6.88. The van der Waals surface area contributed by atoms with Crippen molar-refractivity contribution in [1.29, 1.82) is 5.26 Å². The molecule has 0 spiro atoms. The zero-order chi connectivity index (χ0) is 14.4. The summed E-state index contributed by atoms with van der Waals surface area (Å²) in [5.41, 5.74) is 2.03. The van der Waals surface area contributed by atoms with Crippen molar-refractivity contribution in [2.45, 2.75) is 38.6 Å². The van der Waals surface area contributed by atoms with E-state index in [1.165, 1.54) is 11.1 Å². The van der Waals surface area contributed by atoms with E-state index in [1.807, 2.05) is 6.07 Å².